The normalized spacial score (nSPS) is 11.3. The average Bonchev–Trinajstić information content (AvgIpc) is 3.05. The molecule has 4 aromatic rings. The number of hydrogen-bond donors (Lipinski definition) is 1. The Balaban J connectivity index is 1.60. The third kappa shape index (κ3) is 3.57. The van der Waals surface area contributed by atoms with Crippen LogP contribution in [0.3, 0.4) is 0 Å². The van der Waals surface area contributed by atoms with E-state index in [0.29, 0.717) is 22.2 Å². The molecular weight excluding hydrogens is 354 g/mol. The summed E-state index contributed by atoms with van der Waals surface area (Å²) in [5, 5.41) is 3.78. The largest absolute Gasteiger partial charge is 0.338 e. The number of nitrogens with zero attached hydrogens (tertiary/aromatic N) is 3. The lowest BCUT2D eigenvalue weighted by molar-refractivity contribution is 0.628. The molecule has 0 atom stereocenters. The molecule has 4 rings (SSSR count). The molecule has 0 bridgehead atoms. The number of benzene rings is 2. The second-order valence-corrected chi connectivity index (χ2v) is 6.49. The molecule has 0 fully saturated rings. The number of halogens is 2. The summed E-state index contributed by atoms with van der Waals surface area (Å²) in [5.41, 5.74) is 2.05. The summed E-state index contributed by atoms with van der Waals surface area (Å²) in [6.45, 7) is 0. The van der Waals surface area contributed by atoms with Gasteiger partial charge in [-0.2, -0.15) is 0 Å². The van der Waals surface area contributed by atoms with Gasteiger partial charge in [0.15, 0.2) is 5.82 Å². The number of aliphatic imine (C=N–C) groups is 1. The van der Waals surface area contributed by atoms with E-state index in [2.05, 4.69) is 20.3 Å². The fourth-order valence-electron chi connectivity index (χ4n) is 2.36. The van der Waals surface area contributed by atoms with Crippen LogP contribution >= 0.6 is 11.3 Å². The van der Waals surface area contributed by atoms with Crippen LogP contribution in [-0.2, 0) is 0 Å². The van der Waals surface area contributed by atoms with Gasteiger partial charge in [-0.3, -0.25) is 0 Å². The van der Waals surface area contributed by atoms with Gasteiger partial charge in [0.1, 0.15) is 22.3 Å². The Morgan fingerprint density at radius 1 is 1.00 bits per heavy atom. The minimum absolute atomic E-state index is 0.289. The average molecular weight is 366 g/mol. The predicted octanol–water partition coefficient (Wildman–Crippen LogP) is 5.46. The molecule has 4 nitrogen and oxygen atoms in total. The van der Waals surface area contributed by atoms with Gasteiger partial charge in [-0.05, 0) is 54.6 Å². The van der Waals surface area contributed by atoms with Crippen molar-refractivity contribution in [1.82, 2.24) is 9.97 Å². The van der Waals surface area contributed by atoms with Gasteiger partial charge >= 0.3 is 0 Å². The van der Waals surface area contributed by atoms with E-state index in [1.165, 1.54) is 35.6 Å². The molecule has 0 aliphatic carbocycles. The second-order valence-electron chi connectivity index (χ2n) is 5.43. The van der Waals surface area contributed by atoms with E-state index in [9.17, 15) is 8.78 Å². The molecule has 0 aliphatic heterocycles. The molecule has 0 saturated carbocycles. The molecule has 7 heteroatoms. The van der Waals surface area contributed by atoms with Crippen molar-refractivity contribution in [2.24, 2.45) is 4.99 Å². The second kappa shape index (κ2) is 6.97. The number of rotatable bonds is 4. The SMILES string of the molecule is Fc1ccc(Nc2ncccc2N=Cc2nc3ccc(F)cc3s2)cc1. The Labute approximate surface area is 151 Å². The summed E-state index contributed by atoms with van der Waals surface area (Å²) in [5.74, 6) is -0.0488. The zero-order valence-corrected chi connectivity index (χ0v) is 14.2. The zero-order chi connectivity index (χ0) is 17.9. The molecule has 0 saturated heterocycles. The van der Waals surface area contributed by atoms with Gasteiger partial charge < -0.3 is 5.32 Å². The number of pyridine rings is 1. The van der Waals surface area contributed by atoms with E-state index in [4.69, 9.17) is 0 Å². The summed E-state index contributed by atoms with van der Waals surface area (Å²) in [6.07, 6.45) is 3.26. The highest BCUT2D eigenvalue weighted by Crippen LogP contribution is 2.27. The van der Waals surface area contributed by atoms with Gasteiger partial charge in [0.2, 0.25) is 0 Å². The maximum Gasteiger partial charge on any atom is 0.156 e. The minimum Gasteiger partial charge on any atom is -0.338 e. The predicted molar refractivity (Wildman–Crippen MR) is 101 cm³/mol. The first-order valence-corrected chi connectivity index (χ1v) is 8.57. The van der Waals surface area contributed by atoms with E-state index in [1.807, 2.05) is 6.07 Å². The van der Waals surface area contributed by atoms with Crippen LogP contribution in [0.25, 0.3) is 10.2 Å². The van der Waals surface area contributed by atoms with Crippen LogP contribution in [-0.4, -0.2) is 16.2 Å². The molecule has 128 valence electrons. The number of aromatic nitrogens is 2. The molecule has 26 heavy (non-hydrogen) atoms. The molecule has 2 heterocycles. The minimum atomic E-state index is -0.304. The Morgan fingerprint density at radius 2 is 1.81 bits per heavy atom. The van der Waals surface area contributed by atoms with Crippen LogP contribution in [0.2, 0.25) is 0 Å². The molecule has 0 radical (unpaired) electrons. The van der Waals surface area contributed by atoms with E-state index >= 15 is 0 Å². The monoisotopic (exact) mass is 366 g/mol. The molecule has 0 aliphatic rings. The summed E-state index contributed by atoms with van der Waals surface area (Å²) >= 11 is 1.36. The van der Waals surface area contributed by atoms with Crippen molar-refractivity contribution in [2.75, 3.05) is 5.32 Å². The van der Waals surface area contributed by atoms with Gasteiger partial charge in [0.25, 0.3) is 0 Å². The lowest BCUT2D eigenvalue weighted by atomic mass is 10.3. The van der Waals surface area contributed by atoms with E-state index < -0.39 is 0 Å². The Morgan fingerprint density at radius 3 is 2.65 bits per heavy atom. The molecule has 0 amide bonds. The lowest BCUT2D eigenvalue weighted by Crippen LogP contribution is -1.93. The van der Waals surface area contributed by atoms with Crippen LogP contribution < -0.4 is 5.32 Å². The quantitative estimate of drug-likeness (QED) is 0.488. The molecule has 2 aromatic heterocycles. The van der Waals surface area contributed by atoms with Gasteiger partial charge in [-0.25, -0.2) is 23.7 Å². The summed E-state index contributed by atoms with van der Waals surface area (Å²) < 4.78 is 27.1. The highest BCUT2D eigenvalue weighted by molar-refractivity contribution is 7.20. The fraction of sp³-hybridized carbons (Fsp3) is 0. The molecule has 0 spiro atoms. The standard InChI is InChI=1S/C19H12F2N4S/c20-12-3-6-14(7-4-12)24-19-16(2-1-9-22-19)23-11-18-25-15-8-5-13(21)10-17(15)26-18/h1-11H,(H,22,24). The van der Waals surface area contributed by atoms with Crippen LogP contribution in [0.4, 0.5) is 26.0 Å². The first-order valence-electron chi connectivity index (χ1n) is 7.75. The van der Waals surface area contributed by atoms with Gasteiger partial charge in [-0.1, -0.05) is 0 Å². The Kier molecular flexibility index (Phi) is 4.37. The maximum absolute atomic E-state index is 13.3. The fourth-order valence-corrected chi connectivity index (χ4v) is 3.23. The van der Waals surface area contributed by atoms with Crippen molar-refractivity contribution >= 4 is 45.0 Å². The third-order valence-corrected chi connectivity index (χ3v) is 4.53. The Hall–Kier alpha value is -3.19. The molecule has 1 N–H and O–H groups in total. The van der Waals surface area contributed by atoms with E-state index in [0.717, 1.165) is 10.2 Å². The van der Waals surface area contributed by atoms with Crippen molar-refractivity contribution in [2.45, 2.75) is 0 Å². The van der Waals surface area contributed by atoms with Gasteiger partial charge in [0.05, 0.1) is 16.4 Å². The van der Waals surface area contributed by atoms with Crippen molar-refractivity contribution in [1.29, 1.82) is 0 Å². The third-order valence-electron chi connectivity index (χ3n) is 3.57. The highest BCUT2D eigenvalue weighted by atomic mass is 32.1. The number of nitrogens with one attached hydrogen (secondary N) is 1. The van der Waals surface area contributed by atoms with Crippen molar-refractivity contribution in [3.63, 3.8) is 0 Å². The van der Waals surface area contributed by atoms with Crippen LogP contribution in [0.5, 0.6) is 0 Å². The lowest BCUT2D eigenvalue weighted by Gasteiger charge is -2.07. The summed E-state index contributed by atoms with van der Waals surface area (Å²) in [7, 11) is 0. The number of fused-ring (bicyclic) bond motifs is 1. The van der Waals surface area contributed by atoms with Crippen LogP contribution in [0.15, 0.2) is 65.8 Å². The number of hydrogen-bond acceptors (Lipinski definition) is 5. The molecular formula is C19H12F2N4S. The van der Waals surface area contributed by atoms with Gasteiger partial charge in [0, 0.05) is 11.9 Å². The van der Waals surface area contributed by atoms with Crippen molar-refractivity contribution in [3.05, 3.63) is 77.4 Å². The number of thiazole rings is 1. The Bertz CT molecular complexity index is 1090. The van der Waals surface area contributed by atoms with E-state index in [-0.39, 0.29) is 11.6 Å². The smallest absolute Gasteiger partial charge is 0.156 e. The first-order chi connectivity index (χ1) is 12.7. The summed E-state index contributed by atoms with van der Waals surface area (Å²) in [4.78, 5) is 13.1. The van der Waals surface area contributed by atoms with Gasteiger partial charge in [-0.15, -0.1) is 11.3 Å². The van der Waals surface area contributed by atoms with E-state index in [1.54, 1.807) is 36.7 Å². The first kappa shape index (κ1) is 16.3. The number of anilines is 2. The van der Waals surface area contributed by atoms with Crippen molar-refractivity contribution < 1.29 is 8.78 Å². The van der Waals surface area contributed by atoms with Crippen LogP contribution in [0.1, 0.15) is 5.01 Å². The highest BCUT2D eigenvalue weighted by Gasteiger charge is 2.05. The zero-order valence-electron chi connectivity index (χ0n) is 13.4. The summed E-state index contributed by atoms with van der Waals surface area (Å²) in [6, 6.07) is 14.1. The maximum atomic E-state index is 13.3. The molecule has 2 aromatic carbocycles. The van der Waals surface area contributed by atoms with Crippen LogP contribution in [0, 0.1) is 11.6 Å². The van der Waals surface area contributed by atoms with Crippen molar-refractivity contribution in [3.8, 4) is 0 Å². The topological polar surface area (TPSA) is 50.2 Å². The molecule has 0 unspecified atom stereocenters.